The average Bonchev–Trinajstić information content (AvgIpc) is 3.33. The normalized spacial score (nSPS) is 11.5. The van der Waals surface area contributed by atoms with Crippen LogP contribution in [0.15, 0.2) is 47.8 Å². The number of benzene rings is 2. The number of rotatable bonds is 7. The number of thiazole rings is 2. The molecule has 0 fully saturated rings. The molecule has 11 heteroatoms. The zero-order valence-electron chi connectivity index (χ0n) is 16.7. The van der Waals surface area contributed by atoms with Gasteiger partial charge in [-0.1, -0.05) is 17.4 Å². The number of nitrogens with one attached hydrogen (secondary N) is 2. The Balaban J connectivity index is 1.38. The van der Waals surface area contributed by atoms with Gasteiger partial charge in [0.2, 0.25) is 5.91 Å². The van der Waals surface area contributed by atoms with E-state index in [1.165, 1.54) is 34.8 Å². The Labute approximate surface area is 189 Å². The minimum absolute atomic E-state index is 0.0148. The smallest absolute Gasteiger partial charge is 0.416 e. The van der Waals surface area contributed by atoms with Crippen LogP contribution in [-0.2, 0) is 17.4 Å². The van der Waals surface area contributed by atoms with Gasteiger partial charge >= 0.3 is 6.18 Å². The molecule has 6 nitrogen and oxygen atoms in total. The van der Waals surface area contributed by atoms with E-state index in [-0.39, 0.29) is 18.0 Å². The topological polar surface area (TPSA) is 76.1 Å². The maximum Gasteiger partial charge on any atom is 0.416 e. The zero-order valence-corrected chi connectivity index (χ0v) is 18.3. The zero-order chi connectivity index (χ0) is 22.7. The van der Waals surface area contributed by atoms with Gasteiger partial charge < -0.3 is 15.4 Å². The molecular weight excluding hydrogens is 461 g/mol. The van der Waals surface area contributed by atoms with Crippen LogP contribution in [0.4, 0.5) is 29.1 Å². The molecule has 0 saturated heterocycles. The van der Waals surface area contributed by atoms with Gasteiger partial charge in [-0.3, -0.25) is 4.79 Å². The molecule has 166 valence electrons. The number of hydrogen-bond acceptors (Lipinski definition) is 7. The maximum atomic E-state index is 12.9. The highest BCUT2D eigenvalue weighted by Gasteiger charge is 2.30. The Morgan fingerprint density at radius 2 is 1.97 bits per heavy atom. The van der Waals surface area contributed by atoms with Crippen LogP contribution in [-0.4, -0.2) is 22.5 Å². The van der Waals surface area contributed by atoms with Gasteiger partial charge in [0.15, 0.2) is 10.3 Å². The average molecular weight is 479 g/mol. The SMILES string of the molecule is CCOc1ccc2nc(NC(=O)Cc3csc(Nc4cccc(C(F)(F)F)c4)n3)sc2c1. The van der Waals surface area contributed by atoms with Crippen molar-refractivity contribution in [2.75, 3.05) is 17.2 Å². The van der Waals surface area contributed by atoms with Crippen LogP contribution in [0.2, 0.25) is 0 Å². The molecule has 2 heterocycles. The number of fused-ring (bicyclic) bond motifs is 1. The van der Waals surface area contributed by atoms with E-state index in [1.54, 1.807) is 5.38 Å². The fourth-order valence-electron chi connectivity index (χ4n) is 2.89. The molecule has 4 aromatic rings. The number of halogens is 3. The van der Waals surface area contributed by atoms with Crippen LogP contribution in [0.5, 0.6) is 5.75 Å². The lowest BCUT2D eigenvalue weighted by Gasteiger charge is -2.08. The first-order chi connectivity index (χ1) is 15.3. The molecule has 0 bridgehead atoms. The Hall–Kier alpha value is -3.18. The molecule has 4 rings (SSSR count). The quantitative estimate of drug-likeness (QED) is 0.336. The van der Waals surface area contributed by atoms with Crippen LogP contribution < -0.4 is 15.4 Å². The summed E-state index contributed by atoms with van der Waals surface area (Å²) in [6, 6.07) is 10.4. The maximum absolute atomic E-state index is 12.9. The monoisotopic (exact) mass is 478 g/mol. The molecule has 1 amide bonds. The lowest BCUT2D eigenvalue weighted by Crippen LogP contribution is -2.14. The fourth-order valence-corrected chi connectivity index (χ4v) is 4.53. The van der Waals surface area contributed by atoms with E-state index in [0.717, 1.165) is 28.1 Å². The molecule has 0 aliphatic carbocycles. The van der Waals surface area contributed by atoms with Crippen molar-refractivity contribution < 1.29 is 22.7 Å². The lowest BCUT2D eigenvalue weighted by atomic mass is 10.2. The van der Waals surface area contributed by atoms with Gasteiger partial charge in [0.25, 0.3) is 0 Å². The highest BCUT2D eigenvalue weighted by molar-refractivity contribution is 7.22. The molecule has 0 radical (unpaired) electrons. The first kappa shape index (κ1) is 22.0. The van der Waals surface area contributed by atoms with E-state index in [4.69, 9.17) is 4.74 Å². The van der Waals surface area contributed by atoms with Gasteiger partial charge in [0.1, 0.15) is 5.75 Å². The van der Waals surface area contributed by atoms with Crippen molar-refractivity contribution in [2.45, 2.75) is 19.5 Å². The van der Waals surface area contributed by atoms with E-state index in [2.05, 4.69) is 20.6 Å². The summed E-state index contributed by atoms with van der Waals surface area (Å²) in [6.07, 6.45) is -4.41. The summed E-state index contributed by atoms with van der Waals surface area (Å²) in [5.74, 6) is 0.454. The molecule has 2 N–H and O–H groups in total. The number of carbonyl (C=O) groups is 1. The second kappa shape index (κ2) is 9.13. The van der Waals surface area contributed by atoms with Crippen molar-refractivity contribution in [1.29, 1.82) is 0 Å². The molecule has 0 atom stereocenters. The van der Waals surface area contributed by atoms with Gasteiger partial charge in [-0.15, -0.1) is 11.3 Å². The van der Waals surface area contributed by atoms with Crippen molar-refractivity contribution in [3.8, 4) is 5.75 Å². The second-order valence-electron chi connectivity index (χ2n) is 6.65. The number of amides is 1. The molecule has 0 spiro atoms. The van der Waals surface area contributed by atoms with Crippen LogP contribution >= 0.6 is 22.7 Å². The molecule has 32 heavy (non-hydrogen) atoms. The number of carbonyl (C=O) groups excluding carboxylic acids is 1. The van der Waals surface area contributed by atoms with Crippen molar-refractivity contribution in [1.82, 2.24) is 9.97 Å². The fraction of sp³-hybridized carbons (Fsp3) is 0.190. The summed E-state index contributed by atoms with van der Waals surface area (Å²) < 4.78 is 44.9. The third kappa shape index (κ3) is 5.35. The highest BCUT2D eigenvalue weighted by atomic mass is 32.1. The van der Waals surface area contributed by atoms with Gasteiger partial charge in [-0.25, -0.2) is 9.97 Å². The standard InChI is InChI=1S/C21H17F3N4O2S2/c1-2-30-15-6-7-16-17(10-15)32-20(27-16)28-18(29)9-14-11-31-19(26-14)25-13-5-3-4-12(8-13)21(22,23)24/h3-8,10-11H,2,9H2,1H3,(H,25,26)(H,27,28,29). The Kier molecular flexibility index (Phi) is 6.28. The first-order valence-corrected chi connectivity index (χ1v) is 11.2. The molecule has 0 aliphatic heterocycles. The van der Waals surface area contributed by atoms with Gasteiger partial charge in [0.05, 0.1) is 34.5 Å². The minimum Gasteiger partial charge on any atom is -0.494 e. The van der Waals surface area contributed by atoms with E-state index < -0.39 is 11.7 Å². The first-order valence-electron chi connectivity index (χ1n) is 9.52. The Bertz CT molecular complexity index is 1250. The van der Waals surface area contributed by atoms with Gasteiger partial charge in [-0.05, 0) is 43.3 Å². The van der Waals surface area contributed by atoms with Crippen molar-refractivity contribution in [3.63, 3.8) is 0 Å². The van der Waals surface area contributed by atoms with Crippen LogP contribution in [0.25, 0.3) is 10.2 Å². The lowest BCUT2D eigenvalue weighted by molar-refractivity contribution is -0.137. The van der Waals surface area contributed by atoms with E-state index in [9.17, 15) is 18.0 Å². The van der Waals surface area contributed by atoms with E-state index in [1.807, 2.05) is 25.1 Å². The van der Waals surface area contributed by atoms with Crippen molar-refractivity contribution in [3.05, 3.63) is 59.1 Å². The molecule has 0 unspecified atom stereocenters. The van der Waals surface area contributed by atoms with E-state index in [0.29, 0.717) is 22.6 Å². The number of ether oxygens (including phenoxy) is 1. The Morgan fingerprint density at radius 1 is 1.12 bits per heavy atom. The number of nitrogens with zero attached hydrogens (tertiary/aromatic N) is 2. The predicted octanol–water partition coefficient (Wildman–Crippen LogP) is 6.10. The van der Waals surface area contributed by atoms with Gasteiger partial charge in [0, 0.05) is 11.1 Å². The van der Waals surface area contributed by atoms with Crippen molar-refractivity contribution in [2.24, 2.45) is 0 Å². The molecule has 2 aromatic carbocycles. The van der Waals surface area contributed by atoms with E-state index >= 15 is 0 Å². The highest BCUT2D eigenvalue weighted by Crippen LogP contribution is 2.32. The largest absolute Gasteiger partial charge is 0.494 e. The third-order valence-corrected chi connectivity index (χ3v) is 5.99. The number of hydrogen-bond donors (Lipinski definition) is 2. The molecular formula is C21H17F3N4O2S2. The summed E-state index contributed by atoms with van der Waals surface area (Å²) in [4.78, 5) is 21.1. The molecule has 2 aromatic heterocycles. The minimum atomic E-state index is -4.42. The van der Waals surface area contributed by atoms with Gasteiger partial charge in [-0.2, -0.15) is 13.2 Å². The van der Waals surface area contributed by atoms with Crippen LogP contribution in [0.1, 0.15) is 18.2 Å². The number of aromatic nitrogens is 2. The number of anilines is 3. The summed E-state index contributed by atoms with van der Waals surface area (Å²) in [5.41, 5.74) is 0.783. The third-order valence-electron chi connectivity index (χ3n) is 4.25. The predicted molar refractivity (Wildman–Crippen MR) is 120 cm³/mol. The molecule has 0 aliphatic rings. The molecule has 0 saturated carbocycles. The summed E-state index contributed by atoms with van der Waals surface area (Å²) in [5, 5.41) is 8.16. The summed E-state index contributed by atoms with van der Waals surface area (Å²) >= 11 is 2.55. The Morgan fingerprint density at radius 3 is 2.75 bits per heavy atom. The second-order valence-corrected chi connectivity index (χ2v) is 8.54. The summed E-state index contributed by atoms with van der Waals surface area (Å²) in [6.45, 7) is 2.47. The number of alkyl halides is 3. The van der Waals surface area contributed by atoms with Crippen LogP contribution in [0, 0.1) is 0 Å². The van der Waals surface area contributed by atoms with Crippen molar-refractivity contribution >= 4 is 54.7 Å². The van der Waals surface area contributed by atoms with Crippen LogP contribution in [0.3, 0.4) is 0 Å². The summed E-state index contributed by atoms with van der Waals surface area (Å²) in [7, 11) is 0.